The van der Waals surface area contributed by atoms with Crippen molar-refractivity contribution < 1.29 is 9.90 Å². The summed E-state index contributed by atoms with van der Waals surface area (Å²) in [5.74, 6) is -0.398. The lowest BCUT2D eigenvalue weighted by Gasteiger charge is -2.16. The van der Waals surface area contributed by atoms with Crippen molar-refractivity contribution in [1.29, 1.82) is 0 Å². The Morgan fingerprint density at radius 1 is 1.24 bits per heavy atom. The van der Waals surface area contributed by atoms with Gasteiger partial charge < -0.3 is 10.4 Å². The van der Waals surface area contributed by atoms with E-state index in [2.05, 4.69) is 25.3 Å². The van der Waals surface area contributed by atoms with Gasteiger partial charge in [-0.15, -0.1) is 0 Å². The molecular weight excluding hydrogens is 270 g/mol. The van der Waals surface area contributed by atoms with Crippen molar-refractivity contribution >= 4 is 11.9 Å². The Balaban J connectivity index is 2.19. The van der Waals surface area contributed by atoms with E-state index in [1.54, 1.807) is 30.9 Å². The number of anilines is 1. The van der Waals surface area contributed by atoms with E-state index in [1.807, 2.05) is 13.8 Å². The molecule has 0 bridgehead atoms. The van der Waals surface area contributed by atoms with Crippen LogP contribution in [-0.2, 0) is 4.79 Å². The maximum absolute atomic E-state index is 11.3. The van der Waals surface area contributed by atoms with Gasteiger partial charge in [-0.1, -0.05) is 13.8 Å². The molecule has 0 saturated carbocycles. The molecule has 110 valence electrons. The van der Waals surface area contributed by atoms with Crippen LogP contribution in [0.5, 0.6) is 0 Å². The monoisotopic (exact) mass is 287 g/mol. The van der Waals surface area contributed by atoms with Crippen LogP contribution >= 0.6 is 0 Å². The second kappa shape index (κ2) is 6.74. The molecular formula is C14H17N5O2. The molecule has 0 spiro atoms. The molecule has 21 heavy (non-hydrogen) atoms. The highest BCUT2D eigenvalue weighted by molar-refractivity contribution is 5.76. The minimum atomic E-state index is -0.919. The largest absolute Gasteiger partial charge is 0.480 e. The normalized spacial score (nSPS) is 12.1. The third-order valence-electron chi connectivity index (χ3n) is 2.79. The van der Waals surface area contributed by atoms with Crippen LogP contribution in [0.25, 0.3) is 11.4 Å². The Labute approximate surface area is 122 Å². The summed E-state index contributed by atoms with van der Waals surface area (Å²) < 4.78 is 0. The molecule has 2 rings (SSSR count). The summed E-state index contributed by atoms with van der Waals surface area (Å²) >= 11 is 0. The maximum atomic E-state index is 11.3. The molecule has 0 amide bonds. The second-order valence-electron chi connectivity index (χ2n) is 5.02. The zero-order valence-electron chi connectivity index (χ0n) is 11.9. The molecule has 1 atom stereocenters. The van der Waals surface area contributed by atoms with Gasteiger partial charge in [-0.25, -0.2) is 14.8 Å². The molecule has 0 aliphatic rings. The molecule has 2 heterocycles. The topological polar surface area (TPSA) is 101 Å². The molecule has 7 nitrogen and oxygen atoms in total. The molecule has 0 aliphatic carbocycles. The van der Waals surface area contributed by atoms with E-state index in [0.29, 0.717) is 17.8 Å². The standard InChI is InChI=1S/C14H17N5O2/c1-9(2)7-11(13(20)21)19-14-17-4-3-10(18-14)12-8-15-5-6-16-12/h3-6,8-9,11H,7H2,1-2H3,(H,20,21)(H,17,18,19)/t11-/m0/s1. The lowest BCUT2D eigenvalue weighted by molar-refractivity contribution is -0.138. The number of rotatable bonds is 6. The average Bonchev–Trinajstić information content (AvgIpc) is 2.47. The van der Waals surface area contributed by atoms with Gasteiger partial charge in [0.2, 0.25) is 5.95 Å². The highest BCUT2D eigenvalue weighted by Crippen LogP contribution is 2.15. The van der Waals surface area contributed by atoms with Gasteiger partial charge in [0, 0.05) is 18.6 Å². The predicted octanol–water partition coefficient (Wildman–Crippen LogP) is 1.84. The number of hydrogen-bond acceptors (Lipinski definition) is 6. The zero-order chi connectivity index (χ0) is 15.2. The Morgan fingerprint density at radius 2 is 2.05 bits per heavy atom. The maximum Gasteiger partial charge on any atom is 0.326 e. The van der Waals surface area contributed by atoms with Crippen LogP contribution in [0, 0.1) is 5.92 Å². The first-order chi connectivity index (χ1) is 10.1. The van der Waals surface area contributed by atoms with Crippen molar-refractivity contribution in [3.8, 4) is 11.4 Å². The molecule has 0 radical (unpaired) electrons. The number of nitrogens with zero attached hydrogens (tertiary/aromatic N) is 4. The van der Waals surface area contributed by atoms with Gasteiger partial charge in [0.05, 0.1) is 11.9 Å². The summed E-state index contributed by atoms with van der Waals surface area (Å²) in [6, 6.07) is 0.982. The summed E-state index contributed by atoms with van der Waals surface area (Å²) in [5.41, 5.74) is 1.20. The summed E-state index contributed by atoms with van der Waals surface area (Å²) in [5, 5.41) is 12.1. The highest BCUT2D eigenvalue weighted by atomic mass is 16.4. The first-order valence-electron chi connectivity index (χ1n) is 6.65. The van der Waals surface area contributed by atoms with Crippen LogP contribution in [0.3, 0.4) is 0 Å². The summed E-state index contributed by atoms with van der Waals surface area (Å²) in [6.45, 7) is 3.93. The molecule has 0 fully saturated rings. The van der Waals surface area contributed by atoms with Crippen LogP contribution < -0.4 is 5.32 Å². The lowest BCUT2D eigenvalue weighted by atomic mass is 10.0. The third-order valence-corrected chi connectivity index (χ3v) is 2.79. The van der Waals surface area contributed by atoms with Gasteiger partial charge in [0.15, 0.2) is 0 Å². The second-order valence-corrected chi connectivity index (χ2v) is 5.02. The number of aromatic nitrogens is 4. The van der Waals surface area contributed by atoms with Crippen LogP contribution in [-0.4, -0.2) is 37.1 Å². The number of nitrogens with one attached hydrogen (secondary N) is 1. The smallest absolute Gasteiger partial charge is 0.326 e. The predicted molar refractivity (Wildman–Crippen MR) is 77.6 cm³/mol. The van der Waals surface area contributed by atoms with Gasteiger partial charge in [-0.2, -0.15) is 0 Å². The van der Waals surface area contributed by atoms with Gasteiger partial charge in [0.1, 0.15) is 11.7 Å². The van der Waals surface area contributed by atoms with Gasteiger partial charge in [0.25, 0.3) is 0 Å². The molecule has 0 unspecified atom stereocenters. The fourth-order valence-electron chi connectivity index (χ4n) is 1.85. The number of carbonyl (C=O) groups is 1. The molecule has 2 aromatic rings. The fraction of sp³-hybridized carbons (Fsp3) is 0.357. The fourth-order valence-corrected chi connectivity index (χ4v) is 1.85. The van der Waals surface area contributed by atoms with Crippen LogP contribution in [0.15, 0.2) is 30.9 Å². The Kier molecular flexibility index (Phi) is 4.76. The number of carboxylic acid groups (broad SMARTS) is 1. The summed E-state index contributed by atoms with van der Waals surface area (Å²) in [7, 11) is 0. The Bertz CT molecular complexity index is 603. The molecule has 2 aromatic heterocycles. The van der Waals surface area contributed by atoms with Crippen molar-refractivity contribution in [2.45, 2.75) is 26.3 Å². The van der Waals surface area contributed by atoms with Crippen LogP contribution in [0.1, 0.15) is 20.3 Å². The van der Waals surface area contributed by atoms with Crippen molar-refractivity contribution in [3.63, 3.8) is 0 Å². The minimum Gasteiger partial charge on any atom is -0.480 e. The average molecular weight is 287 g/mol. The van der Waals surface area contributed by atoms with E-state index in [4.69, 9.17) is 0 Å². The Hall–Kier alpha value is -2.57. The first kappa shape index (κ1) is 14.8. The number of carboxylic acids is 1. The molecule has 0 aromatic carbocycles. The zero-order valence-corrected chi connectivity index (χ0v) is 11.9. The molecule has 0 aliphatic heterocycles. The van der Waals surface area contributed by atoms with Crippen LogP contribution in [0.2, 0.25) is 0 Å². The van der Waals surface area contributed by atoms with E-state index < -0.39 is 12.0 Å². The molecule has 2 N–H and O–H groups in total. The number of aliphatic carboxylic acids is 1. The van der Waals surface area contributed by atoms with Gasteiger partial charge in [-0.05, 0) is 18.4 Å². The highest BCUT2D eigenvalue weighted by Gasteiger charge is 2.19. The van der Waals surface area contributed by atoms with Crippen molar-refractivity contribution in [1.82, 2.24) is 19.9 Å². The van der Waals surface area contributed by atoms with Crippen LogP contribution in [0.4, 0.5) is 5.95 Å². The SMILES string of the molecule is CC(C)C[C@H](Nc1nccc(-c2cnccn2)n1)C(=O)O. The summed E-state index contributed by atoms with van der Waals surface area (Å²) in [4.78, 5) is 27.7. The summed E-state index contributed by atoms with van der Waals surface area (Å²) in [6.07, 6.45) is 6.80. The van der Waals surface area contributed by atoms with Crippen molar-refractivity contribution in [2.24, 2.45) is 5.92 Å². The van der Waals surface area contributed by atoms with Gasteiger partial charge >= 0.3 is 5.97 Å². The first-order valence-corrected chi connectivity index (χ1v) is 6.65. The van der Waals surface area contributed by atoms with Gasteiger partial charge in [-0.3, -0.25) is 9.97 Å². The lowest BCUT2D eigenvalue weighted by Crippen LogP contribution is -2.31. The van der Waals surface area contributed by atoms with E-state index in [1.165, 1.54) is 0 Å². The van der Waals surface area contributed by atoms with E-state index >= 15 is 0 Å². The minimum absolute atomic E-state index is 0.252. The molecule has 7 heteroatoms. The van der Waals surface area contributed by atoms with E-state index in [0.717, 1.165) is 0 Å². The number of hydrogen-bond donors (Lipinski definition) is 2. The Morgan fingerprint density at radius 3 is 2.67 bits per heavy atom. The van der Waals surface area contributed by atoms with Crippen molar-refractivity contribution in [3.05, 3.63) is 30.9 Å². The molecule has 0 saturated heterocycles. The van der Waals surface area contributed by atoms with E-state index in [9.17, 15) is 9.90 Å². The van der Waals surface area contributed by atoms with E-state index in [-0.39, 0.29) is 11.9 Å². The third kappa shape index (κ3) is 4.20. The van der Waals surface area contributed by atoms with Crippen molar-refractivity contribution in [2.75, 3.05) is 5.32 Å². The quantitative estimate of drug-likeness (QED) is 0.836.